The molecule has 0 spiro atoms. The van der Waals surface area contributed by atoms with Gasteiger partial charge < -0.3 is 10.2 Å². The van der Waals surface area contributed by atoms with Crippen molar-refractivity contribution in [2.45, 2.75) is 44.6 Å². The topological polar surface area (TPSA) is 98.1 Å². The van der Waals surface area contributed by atoms with Crippen LogP contribution in [0.5, 0.6) is 0 Å². The Morgan fingerprint density at radius 2 is 1.57 bits per heavy atom. The van der Waals surface area contributed by atoms with Crippen molar-refractivity contribution >= 4 is 23.2 Å². The van der Waals surface area contributed by atoms with Crippen molar-refractivity contribution in [2.75, 3.05) is 0 Å². The SMILES string of the molecule is C[C@H](O)c1nc(Cn2c(Cl)c(-c3ccc(Cl)cc3)n(CC(O)C(F)(F)F)c2=O)nn1-c1ccccc1C(F)(F)F. The lowest BCUT2D eigenvalue weighted by Gasteiger charge is -2.16. The minimum atomic E-state index is -5.05. The molecular formula is C24H19Cl2F6N5O3. The van der Waals surface area contributed by atoms with E-state index in [0.29, 0.717) is 9.59 Å². The van der Waals surface area contributed by atoms with E-state index in [0.717, 1.165) is 21.4 Å². The van der Waals surface area contributed by atoms with E-state index in [9.17, 15) is 41.4 Å². The molecule has 0 saturated heterocycles. The van der Waals surface area contributed by atoms with Crippen molar-refractivity contribution in [1.29, 1.82) is 0 Å². The highest BCUT2D eigenvalue weighted by Gasteiger charge is 2.40. The van der Waals surface area contributed by atoms with Crippen molar-refractivity contribution < 1.29 is 36.6 Å². The second-order valence-corrected chi connectivity index (χ2v) is 9.47. The highest BCUT2D eigenvalue weighted by Crippen LogP contribution is 2.35. The van der Waals surface area contributed by atoms with E-state index in [2.05, 4.69) is 10.1 Å². The van der Waals surface area contributed by atoms with Crippen LogP contribution in [0.4, 0.5) is 26.3 Å². The van der Waals surface area contributed by atoms with Crippen LogP contribution in [0.15, 0.2) is 53.3 Å². The number of alkyl halides is 6. The Balaban J connectivity index is 1.85. The van der Waals surface area contributed by atoms with Crippen LogP contribution in [0.2, 0.25) is 10.2 Å². The Bertz CT molecular complexity index is 1580. The van der Waals surface area contributed by atoms with E-state index in [1.807, 2.05) is 0 Å². The standard InChI is InChI=1S/C24H19Cl2F6N5O3/c1-12(38)21-33-18(34-37(21)16-5-3-2-4-15(16)23(27,28)29)11-36-20(26)19(13-6-8-14(25)9-7-13)35(22(36)40)10-17(39)24(30,31)32/h2-9,12,17,38-39H,10-11H2,1H3/t12-,17?/m0/s1. The number of halogens is 8. The molecule has 40 heavy (non-hydrogen) atoms. The van der Waals surface area contributed by atoms with E-state index in [4.69, 9.17) is 23.2 Å². The van der Waals surface area contributed by atoms with Crippen LogP contribution in [-0.4, -0.2) is 46.4 Å². The molecule has 0 aliphatic heterocycles. The third kappa shape index (κ3) is 5.89. The maximum atomic E-state index is 13.6. The molecule has 2 atom stereocenters. The molecule has 16 heteroatoms. The second kappa shape index (κ2) is 10.9. The minimum absolute atomic E-state index is 0.177. The fourth-order valence-electron chi connectivity index (χ4n) is 3.95. The number of benzene rings is 2. The second-order valence-electron chi connectivity index (χ2n) is 8.67. The fourth-order valence-corrected chi connectivity index (χ4v) is 4.42. The third-order valence-corrected chi connectivity index (χ3v) is 6.44. The Kier molecular flexibility index (Phi) is 8.09. The van der Waals surface area contributed by atoms with Crippen molar-refractivity contribution in [3.05, 3.63) is 86.4 Å². The summed E-state index contributed by atoms with van der Waals surface area (Å²) in [6, 6.07) is 10.0. The predicted octanol–water partition coefficient (Wildman–Crippen LogP) is 5.25. The Labute approximate surface area is 231 Å². The van der Waals surface area contributed by atoms with E-state index in [1.54, 1.807) is 0 Å². The zero-order valence-corrected chi connectivity index (χ0v) is 21.8. The number of nitrogens with zero attached hydrogens (tertiary/aromatic N) is 5. The minimum Gasteiger partial charge on any atom is -0.385 e. The summed E-state index contributed by atoms with van der Waals surface area (Å²) in [5, 5.41) is 23.9. The highest BCUT2D eigenvalue weighted by atomic mass is 35.5. The summed E-state index contributed by atoms with van der Waals surface area (Å²) in [5.41, 5.74) is -2.58. The smallest absolute Gasteiger partial charge is 0.385 e. The van der Waals surface area contributed by atoms with Gasteiger partial charge in [0.25, 0.3) is 0 Å². The Morgan fingerprint density at radius 3 is 2.15 bits per heavy atom. The number of hydrogen-bond donors (Lipinski definition) is 2. The lowest BCUT2D eigenvalue weighted by Crippen LogP contribution is -2.37. The summed E-state index contributed by atoms with van der Waals surface area (Å²) < 4.78 is 82.6. The molecule has 0 saturated carbocycles. The molecule has 214 valence electrons. The monoisotopic (exact) mass is 609 g/mol. The Morgan fingerprint density at radius 1 is 0.950 bits per heavy atom. The molecule has 2 N–H and O–H groups in total. The molecule has 0 bridgehead atoms. The van der Waals surface area contributed by atoms with Gasteiger partial charge in [-0.1, -0.05) is 47.5 Å². The summed E-state index contributed by atoms with van der Waals surface area (Å²) in [6.45, 7) is -0.547. The van der Waals surface area contributed by atoms with E-state index in [1.165, 1.54) is 43.3 Å². The zero-order chi connectivity index (χ0) is 29.6. The van der Waals surface area contributed by atoms with Gasteiger partial charge in [-0.25, -0.2) is 14.5 Å². The fraction of sp³-hybridized carbons (Fsp3) is 0.292. The molecule has 0 amide bonds. The summed E-state index contributed by atoms with van der Waals surface area (Å²) in [6.07, 6.45) is -14.1. The van der Waals surface area contributed by atoms with Crippen LogP contribution < -0.4 is 5.69 Å². The molecule has 0 aliphatic carbocycles. The van der Waals surface area contributed by atoms with Gasteiger partial charge in [0.05, 0.1) is 30.0 Å². The van der Waals surface area contributed by atoms with Crippen LogP contribution in [0.3, 0.4) is 0 Å². The maximum absolute atomic E-state index is 13.6. The number of para-hydroxylation sites is 1. The molecule has 0 fully saturated rings. The highest BCUT2D eigenvalue weighted by molar-refractivity contribution is 6.32. The van der Waals surface area contributed by atoms with Crippen molar-refractivity contribution in [2.24, 2.45) is 0 Å². The maximum Gasteiger partial charge on any atom is 0.418 e. The molecular weight excluding hydrogens is 591 g/mol. The number of hydrogen-bond acceptors (Lipinski definition) is 5. The predicted molar refractivity (Wildman–Crippen MR) is 132 cm³/mol. The van der Waals surface area contributed by atoms with Gasteiger partial charge >= 0.3 is 18.0 Å². The number of aromatic nitrogens is 5. The Hall–Kier alpha value is -3.33. The molecule has 4 rings (SSSR count). The summed E-state index contributed by atoms with van der Waals surface area (Å²) in [4.78, 5) is 17.3. The molecule has 8 nitrogen and oxygen atoms in total. The molecule has 2 heterocycles. The van der Waals surface area contributed by atoms with Gasteiger partial charge in [-0.2, -0.15) is 26.3 Å². The van der Waals surface area contributed by atoms with Gasteiger partial charge in [-0.05, 0) is 31.2 Å². The van der Waals surface area contributed by atoms with Crippen LogP contribution in [0.25, 0.3) is 16.9 Å². The van der Waals surface area contributed by atoms with E-state index < -0.39 is 54.6 Å². The molecule has 4 aromatic rings. The molecule has 1 unspecified atom stereocenters. The van der Waals surface area contributed by atoms with Crippen LogP contribution in [-0.2, 0) is 19.3 Å². The molecule has 0 aliphatic rings. The van der Waals surface area contributed by atoms with Gasteiger partial charge in [0.1, 0.15) is 11.3 Å². The van der Waals surface area contributed by atoms with Gasteiger partial charge in [-0.3, -0.25) is 9.13 Å². The van der Waals surface area contributed by atoms with Gasteiger partial charge in [0, 0.05) is 10.6 Å². The summed E-state index contributed by atoms with van der Waals surface area (Å²) in [7, 11) is 0. The van der Waals surface area contributed by atoms with E-state index in [-0.39, 0.29) is 28.1 Å². The number of rotatable bonds is 7. The molecule has 2 aromatic carbocycles. The summed E-state index contributed by atoms with van der Waals surface area (Å²) >= 11 is 12.3. The lowest BCUT2D eigenvalue weighted by molar-refractivity contribution is -0.207. The van der Waals surface area contributed by atoms with Crippen LogP contribution in [0.1, 0.15) is 30.2 Å². The first-order valence-electron chi connectivity index (χ1n) is 11.4. The van der Waals surface area contributed by atoms with Gasteiger partial charge in [0.2, 0.25) is 0 Å². The average Bonchev–Trinajstić information content (AvgIpc) is 3.39. The van der Waals surface area contributed by atoms with E-state index >= 15 is 0 Å². The van der Waals surface area contributed by atoms with Crippen LogP contribution in [0, 0.1) is 0 Å². The molecule has 0 radical (unpaired) electrons. The normalized spacial score (nSPS) is 14.0. The first-order valence-corrected chi connectivity index (χ1v) is 12.1. The average molecular weight is 610 g/mol. The quantitative estimate of drug-likeness (QED) is 0.279. The van der Waals surface area contributed by atoms with Crippen LogP contribution >= 0.6 is 23.2 Å². The first-order chi connectivity index (χ1) is 18.6. The van der Waals surface area contributed by atoms with Crippen molar-refractivity contribution in [1.82, 2.24) is 23.9 Å². The van der Waals surface area contributed by atoms with Gasteiger partial charge in [-0.15, -0.1) is 5.10 Å². The number of aliphatic hydroxyl groups excluding tert-OH is 2. The number of aliphatic hydroxyl groups is 2. The van der Waals surface area contributed by atoms with Crippen molar-refractivity contribution in [3.8, 4) is 16.9 Å². The van der Waals surface area contributed by atoms with Gasteiger partial charge in [0.15, 0.2) is 17.8 Å². The zero-order valence-electron chi connectivity index (χ0n) is 20.3. The number of imidazole rings is 1. The lowest BCUT2D eigenvalue weighted by atomic mass is 10.1. The largest absolute Gasteiger partial charge is 0.418 e. The first kappa shape index (κ1) is 29.6. The van der Waals surface area contributed by atoms with Crippen molar-refractivity contribution in [3.63, 3.8) is 0 Å². The molecule has 2 aromatic heterocycles. The summed E-state index contributed by atoms with van der Waals surface area (Å²) in [5.74, 6) is -0.561. The third-order valence-electron chi connectivity index (χ3n) is 5.80.